The summed E-state index contributed by atoms with van der Waals surface area (Å²) >= 11 is 0. The highest BCUT2D eigenvalue weighted by Gasteiger charge is 2.28. The van der Waals surface area contributed by atoms with Crippen molar-refractivity contribution < 1.29 is 9.53 Å². The van der Waals surface area contributed by atoms with Crippen LogP contribution in [0, 0.1) is 11.3 Å². The molecule has 162 valence electrons. The van der Waals surface area contributed by atoms with Crippen molar-refractivity contribution in [2.45, 2.75) is 66.0 Å². The number of nitrogens with one attached hydrogen (secondary N) is 1. The molecule has 1 aliphatic heterocycles. The number of carbonyl (C=O) groups excluding carboxylic acids is 1. The minimum atomic E-state index is -0.488. The Morgan fingerprint density at radius 2 is 1.87 bits per heavy atom. The smallest absolute Gasteiger partial charge is 0.410 e. The number of hydrogen-bond acceptors (Lipinski definition) is 3. The average molecular weight is 411 g/mol. The van der Waals surface area contributed by atoms with Crippen molar-refractivity contribution >= 4 is 28.5 Å². The summed E-state index contributed by atoms with van der Waals surface area (Å²) in [4.78, 5) is 18.6. The molecule has 3 rings (SSSR count). The normalized spacial score (nSPS) is 16.4. The number of carbonyl (C=O) groups is 1. The molecule has 1 N–H and O–H groups in total. The molecule has 30 heavy (non-hydrogen) atoms. The Kier molecular flexibility index (Phi) is 6.34. The molecule has 0 radical (unpaired) electrons. The number of rotatable bonds is 3. The van der Waals surface area contributed by atoms with Gasteiger partial charge in [-0.25, -0.2) is 9.79 Å². The molecule has 0 bridgehead atoms. The number of amides is 1. The third-order valence-corrected chi connectivity index (χ3v) is 5.52. The number of amidine groups is 1. The van der Waals surface area contributed by atoms with Crippen molar-refractivity contribution in [3.8, 4) is 0 Å². The average Bonchev–Trinajstić information content (AvgIpc) is 3.10. The summed E-state index contributed by atoms with van der Waals surface area (Å²) in [5.74, 6) is 0.470. The van der Waals surface area contributed by atoms with Crippen LogP contribution in [0.1, 0.15) is 66.0 Å². The molecule has 2 heterocycles. The van der Waals surface area contributed by atoms with Crippen LogP contribution >= 0.6 is 0 Å². The number of ether oxygens (including phenoxy) is 1. The van der Waals surface area contributed by atoms with Crippen molar-refractivity contribution in [1.29, 1.82) is 5.41 Å². The summed E-state index contributed by atoms with van der Waals surface area (Å²) in [7, 11) is 0. The Labute approximate surface area is 179 Å². The van der Waals surface area contributed by atoms with Crippen molar-refractivity contribution in [3.05, 3.63) is 36.0 Å². The van der Waals surface area contributed by atoms with Gasteiger partial charge in [-0.1, -0.05) is 12.1 Å². The molecule has 0 aliphatic carbocycles. The summed E-state index contributed by atoms with van der Waals surface area (Å²) in [5, 5.41) is 9.71. The molecule has 1 aromatic carbocycles. The maximum atomic E-state index is 12.2. The van der Waals surface area contributed by atoms with Gasteiger partial charge in [0, 0.05) is 42.5 Å². The number of hydrogen-bond donors (Lipinski definition) is 1. The molecule has 0 unspecified atom stereocenters. The second-order valence-electron chi connectivity index (χ2n) is 9.41. The molecule has 1 fully saturated rings. The molecule has 1 aromatic heterocycles. The summed E-state index contributed by atoms with van der Waals surface area (Å²) in [6.45, 7) is 13.1. The van der Waals surface area contributed by atoms with E-state index < -0.39 is 5.60 Å². The lowest BCUT2D eigenvalue weighted by Crippen LogP contribution is -2.42. The molecule has 2 aromatic rings. The lowest BCUT2D eigenvalue weighted by atomic mass is 9.95. The van der Waals surface area contributed by atoms with Crippen LogP contribution in [0.5, 0.6) is 0 Å². The standard InChI is InChI=1S/C24H34N4O2/c1-16(2)28-14-11-18-7-8-20(15-21(18)28)17(3)26-22(25)19-9-12-27(13-10-19)23(29)30-24(4,5)6/h7-8,11,14-16,19,25H,9-10,12-13H2,1-6H3. The minimum Gasteiger partial charge on any atom is -0.444 e. The SMILES string of the molecule is CC(=NC(=N)C1CCN(C(=O)OC(C)(C)C)CC1)c1ccc2ccn(C(C)C)c2c1. The van der Waals surface area contributed by atoms with E-state index in [9.17, 15) is 4.79 Å². The molecule has 1 aliphatic rings. The van der Waals surface area contributed by atoms with Gasteiger partial charge in [0.15, 0.2) is 0 Å². The quantitative estimate of drug-likeness (QED) is 0.524. The molecule has 1 amide bonds. The van der Waals surface area contributed by atoms with E-state index >= 15 is 0 Å². The van der Waals surface area contributed by atoms with E-state index in [1.165, 1.54) is 10.9 Å². The molecular weight excluding hydrogens is 376 g/mol. The molecule has 6 nitrogen and oxygen atoms in total. The van der Waals surface area contributed by atoms with E-state index in [-0.39, 0.29) is 12.0 Å². The fourth-order valence-electron chi connectivity index (χ4n) is 3.82. The van der Waals surface area contributed by atoms with Gasteiger partial charge in [-0.15, -0.1) is 0 Å². The highest BCUT2D eigenvalue weighted by Crippen LogP contribution is 2.24. The Hall–Kier alpha value is -2.63. The van der Waals surface area contributed by atoms with Crippen LogP contribution in [-0.2, 0) is 4.74 Å². The molecular formula is C24H34N4O2. The van der Waals surface area contributed by atoms with Gasteiger partial charge in [0.1, 0.15) is 11.4 Å². The Balaban J connectivity index is 1.66. The van der Waals surface area contributed by atoms with Crippen LogP contribution in [-0.4, -0.2) is 45.8 Å². The minimum absolute atomic E-state index is 0.0712. The zero-order valence-corrected chi connectivity index (χ0v) is 19.0. The van der Waals surface area contributed by atoms with Gasteiger partial charge in [-0.2, -0.15) is 0 Å². The van der Waals surface area contributed by atoms with Crippen LogP contribution in [0.25, 0.3) is 10.9 Å². The Bertz CT molecular complexity index is 957. The van der Waals surface area contributed by atoms with Gasteiger partial charge in [0.25, 0.3) is 0 Å². The number of likely N-dealkylation sites (tertiary alicyclic amines) is 1. The summed E-state index contributed by atoms with van der Waals surface area (Å²) in [6.07, 6.45) is 3.33. The van der Waals surface area contributed by atoms with E-state index in [0.717, 1.165) is 24.1 Å². The zero-order chi connectivity index (χ0) is 22.1. The summed E-state index contributed by atoms with van der Waals surface area (Å²) < 4.78 is 7.71. The molecule has 1 saturated heterocycles. The highest BCUT2D eigenvalue weighted by molar-refractivity contribution is 6.07. The predicted octanol–water partition coefficient (Wildman–Crippen LogP) is 5.66. The van der Waals surface area contributed by atoms with Gasteiger partial charge >= 0.3 is 6.09 Å². The molecule has 0 spiro atoms. The van der Waals surface area contributed by atoms with E-state index in [1.54, 1.807) is 4.90 Å². The Morgan fingerprint density at radius 3 is 2.47 bits per heavy atom. The third kappa shape index (κ3) is 5.10. The van der Waals surface area contributed by atoms with Crippen LogP contribution < -0.4 is 0 Å². The second kappa shape index (κ2) is 8.62. The molecule has 6 heteroatoms. The van der Waals surface area contributed by atoms with Gasteiger partial charge in [0.05, 0.1) is 0 Å². The van der Waals surface area contributed by atoms with Gasteiger partial charge in [-0.05, 0) is 77.5 Å². The van der Waals surface area contributed by atoms with Gasteiger partial charge in [0.2, 0.25) is 0 Å². The van der Waals surface area contributed by atoms with E-state index in [4.69, 9.17) is 10.1 Å². The number of benzene rings is 1. The summed E-state index contributed by atoms with van der Waals surface area (Å²) in [6, 6.07) is 8.87. The van der Waals surface area contributed by atoms with Crippen LogP contribution in [0.3, 0.4) is 0 Å². The number of aliphatic imine (C=N–C) groups is 1. The first-order valence-corrected chi connectivity index (χ1v) is 10.8. The Morgan fingerprint density at radius 1 is 1.20 bits per heavy atom. The van der Waals surface area contributed by atoms with Gasteiger partial charge < -0.3 is 14.2 Å². The van der Waals surface area contributed by atoms with Crippen molar-refractivity contribution in [2.24, 2.45) is 10.9 Å². The first-order chi connectivity index (χ1) is 14.0. The van der Waals surface area contributed by atoms with Crippen LogP contribution in [0.15, 0.2) is 35.5 Å². The van der Waals surface area contributed by atoms with E-state index in [1.807, 2.05) is 27.7 Å². The highest BCUT2D eigenvalue weighted by atomic mass is 16.6. The van der Waals surface area contributed by atoms with Crippen LogP contribution in [0.2, 0.25) is 0 Å². The predicted molar refractivity (Wildman–Crippen MR) is 123 cm³/mol. The van der Waals surface area contributed by atoms with Gasteiger partial charge in [-0.3, -0.25) is 5.41 Å². The monoisotopic (exact) mass is 410 g/mol. The fraction of sp³-hybridized carbons (Fsp3) is 0.542. The summed E-state index contributed by atoms with van der Waals surface area (Å²) in [5.41, 5.74) is 2.60. The zero-order valence-electron chi connectivity index (χ0n) is 19.0. The third-order valence-electron chi connectivity index (χ3n) is 5.52. The van der Waals surface area contributed by atoms with Crippen LogP contribution in [0.4, 0.5) is 4.79 Å². The number of nitrogens with zero attached hydrogens (tertiary/aromatic N) is 3. The number of fused-ring (bicyclic) bond motifs is 1. The molecule has 0 atom stereocenters. The van der Waals surface area contributed by atoms with E-state index in [2.05, 4.69) is 53.9 Å². The van der Waals surface area contributed by atoms with Crippen molar-refractivity contribution in [3.63, 3.8) is 0 Å². The van der Waals surface area contributed by atoms with Crippen molar-refractivity contribution in [1.82, 2.24) is 9.47 Å². The molecule has 0 saturated carbocycles. The lowest BCUT2D eigenvalue weighted by Gasteiger charge is -2.33. The largest absolute Gasteiger partial charge is 0.444 e. The second-order valence-corrected chi connectivity index (χ2v) is 9.41. The first-order valence-electron chi connectivity index (χ1n) is 10.8. The fourth-order valence-corrected chi connectivity index (χ4v) is 3.82. The maximum absolute atomic E-state index is 12.2. The maximum Gasteiger partial charge on any atom is 0.410 e. The lowest BCUT2D eigenvalue weighted by molar-refractivity contribution is 0.0201. The number of aromatic nitrogens is 1. The topological polar surface area (TPSA) is 70.7 Å². The first kappa shape index (κ1) is 22.1. The van der Waals surface area contributed by atoms with E-state index in [0.29, 0.717) is 25.0 Å². The number of piperidine rings is 1. The van der Waals surface area contributed by atoms with Crippen molar-refractivity contribution in [2.75, 3.05) is 13.1 Å².